The third kappa shape index (κ3) is 6.07. The molecule has 2 bridgehead atoms. The molecule has 7 heterocycles. The smallest absolute Gasteiger partial charge is 0.394 e. The summed E-state index contributed by atoms with van der Waals surface area (Å²) in [6.45, 7) is -0.804. The van der Waals surface area contributed by atoms with Crippen molar-refractivity contribution in [3.8, 4) is 0 Å². The number of imidazole rings is 2. The summed E-state index contributed by atoms with van der Waals surface area (Å²) >= 11 is 0. The molecule has 4 unspecified atom stereocenters. The Morgan fingerprint density at radius 1 is 0.958 bits per heavy atom. The zero-order valence-electron chi connectivity index (χ0n) is 24.7. The van der Waals surface area contributed by atoms with Gasteiger partial charge in [0.05, 0.1) is 39.1 Å². The molecule has 10 atom stereocenters. The minimum absolute atomic E-state index is 0.00389. The Bertz CT molecular complexity index is 1990. The topological polar surface area (TPSA) is 313 Å². The second-order valence-corrected chi connectivity index (χ2v) is 13.7. The molecule has 3 fully saturated rings. The van der Waals surface area contributed by atoms with E-state index in [0.29, 0.717) is 0 Å². The van der Waals surface area contributed by atoms with Crippen molar-refractivity contribution in [3.63, 3.8) is 0 Å². The number of nitrogens with one attached hydrogen (secondary N) is 1. The molecule has 0 spiro atoms. The molecule has 7 N–H and O–H groups in total. The molecule has 4 aromatic rings. The van der Waals surface area contributed by atoms with Crippen LogP contribution in [0.1, 0.15) is 18.3 Å². The number of rotatable bonds is 5. The van der Waals surface area contributed by atoms with Gasteiger partial charge in [-0.1, -0.05) is 0 Å². The van der Waals surface area contributed by atoms with Crippen LogP contribution in [0.3, 0.4) is 0 Å². The lowest BCUT2D eigenvalue weighted by atomic mass is 10.1. The number of aromatic amines is 1. The van der Waals surface area contributed by atoms with Gasteiger partial charge < -0.3 is 44.9 Å². The minimum atomic E-state index is -5.11. The Balaban J connectivity index is 1.23. The van der Waals surface area contributed by atoms with Gasteiger partial charge >= 0.3 is 15.6 Å². The van der Waals surface area contributed by atoms with E-state index in [4.69, 9.17) is 38.0 Å². The Hall–Kier alpha value is -3.28. The predicted molar refractivity (Wildman–Crippen MR) is 155 cm³/mol. The molecular formula is C23H29N9O14P2. The Labute approximate surface area is 267 Å². The highest BCUT2D eigenvalue weighted by Crippen LogP contribution is 2.54. The van der Waals surface area contributed by atoms with Gasteiger partial charge in [-0.25, -0.2) is 34.0 Å². The number of aryl methyl sites for hydroxylation is 1. The van der Waals surface area contributed by atoms with Crippen molar-refractivity contribution in [2.45, 2.75) is 56.0 Å². The zero-order chi connectivity index (χ0) is 34.0. The van der Waals surface area contributed by atoms with Crippen molar-refractivity contribution in [1.29, 1.82) is 0 Å². The molecule has 0 aromatic carbocycles. The van der Waals surface area contributed by atoms with Crippen molar-refractivity contribution in [1.82, 2.24) is 39.0 Å². The Morgan fingerprint density at radius 3 is 2.33 bits per heavy atom. The first-order valence-corrected chi connectivity index (χ1v) is 17.2. The lowest BCUT2D eigenvalue weighted by Crippen LogP contribution is -2.38. The van der Waals surface area contributed by atoms with E-state index >= 15 is 0 Å². The summed E-state index contributed by atoms with van der Waals surface area (Å²) in [5, 5.41) is 20.6. The summed E-state index contributed by atoms with van der Waals surface area (Å²) in [4.78, 5) is 57.1. The molecule has 3 aliphatic rings. The van der Waals surface area contributed by atoms with Gasteiger partial charge in [0.15, 0.2) is 35.1 Å². The monoisotopic (exact) mass is 717 g/mol. The number of fused-ring (bicyclic) bond motifs is 5. The quantitative estimate of drug-likeness (QED) is 0.127. The van der Waals surface area contributed by atoms with Crippen LogP contribution in [0.5, 0.6) is 0 Å². The fourth-order valence-electron chi connectivity index (χ4n) is 5.74. The van der Waals surface area contributed by atoms with Crippen molar-refractivity contribution >= 4 is 43.8 Å². The number of H-pyrrole nitrogens is 1. The van der Waals surface area contributed by atoms with E-state index in [9.17, 15) is 33.9 Å². The van der Waals surface area contributed by atoms with Gasteiger partial charge in [-0.3, -0.25) is 32.0 Å². The first-order valence-electron chi connectivity index (χ1n) is 14.2. The summed E-state index contributed by atoms with van der Waals surface area (Å²) in [5.74, 6) is 0.268. The first kappa shape index (κ1) is 33.2. The fraction of sp³-hybridized carbons (Fsp3) is 0.565. The number of phosphoric ester groups is 2. The van der Waals surface area contributed by atoms with Gasteiger partial charge in [0, 0.05) is 0 Å². The first-order chi connectivity index (χ1) is 22.9. The number of nitrogens with zero attached hydrogens (tertiary/aromatic N) is 7. The second-order valence-electron chi connectivity index (χ2n) is 10.9. The van der Waals surface area contributed by atoms with E-state index < -0.39 is 90.1 Å². The van der Waals surface area contributed by atoms with Crippen molar-refractivity contribution in [3.05, 3.63) is 35.2 Å². The van der Waals surface area contributed by atoms with Crippen LogP contribution in [-0.4, -0.2) is 122 Å². The maximum absolute atomic E-state index is 13.4. The van der Waals surface area contributed by atoms with Gasteiger partial charge in [0.25, 0.3) is 5.56 Å². The van der Waals surface area contributed by atoms with Crippen LogP contribution in [-0.2, 0) is 41.4 Å². The van der Waals surface area contributed by atoms with Crippen molar-refractivity contribution < 1.29 is 61.4 Å². The summed E-state index contributed by atoms with van der Waals surface area (Å²) in [6.07, 6.45) is -8.14. The summed E-state index contributed by atoms with van der Waals surface area (Å²) < 4.78 is 68.5. The van der Waals surface area contributed by atoms with E-state index in [1.165, 1.54) is 28.7 Å². The average Bonchev–Trinajstić information content (AvgIpc) is 3.79. The van der Waals surface area contributed by atoms with Crippen LogP contribution in [0.2, 0.25) is 0 Å². The van der Waals surface area contributed by atoms with Gasteiger partial charge in [-0.15, -0.1) is 0 Å². The number of nitrogen functional groups attached to an aromatic ring is 1. The SMILES string of the molecule is Cc1nc2c(ncn2[C@@H]2O[C@@H]3COP(=O)(O)O[C@@H]4C(OCCO)[C@H](n5cnc6c(N)ncnc65)O[C@@H]4COP(=O)(O)O[C@H]2C3O)c(=O)[nH]1. The van der Waals surface area contributed by atoms with Crippen LogP contribution in [0.4, 0.5) is 5.82 Å². The van der Waals surface area contributed by atoms with Crippen LogP contribution in [0.15, 0.2) is 23.8 Å². The minimum Gasteiger partial charge on any atom is -0.394 e. The molecule has 25 heteroatoms. The number of hydrogen-bond donors (Lipinski definition) is 6. The molecule has 0 radical (unpaired) electrons. The molecule has 3 saturated heterocycles. The number of phosphoric acid groups is 2. The van der Waals surface area contributed by atoms with Gasteiger partial charge in [0.1, 0.15) is 54.3 Å². The summed E-state index contributed by atoms with van der Waals surface area (Å²) in [7, 11) is -10.2. The number of nitrogens with two attached hydrogens (primary N) is 1. The lowest BCUT2D eigenvalue weighted by molar-refractivity contribution is -0.0771. The highest BCUT2D eigenvalue weighted by Gasteiger charge is 2.54. The van der Waals surface area contributed by atoms with Crippen molar-refractivity contribution in [2.75, 3.05) is 32.2 Å². The van der Waals surface area contributed by atoms with E-state index in [1.807, 2.05) is 0 Å². The average molecular weight is 717 g/mol. The fourth-order valence-corrected chi connectivity index (χ4v) is 7.63. The molecule has 0 aliphatic carbocycles. The standard InChI is InChI=1S/C23H29N9O14P2/c1-9-29-20-13(21(35)30-9)28-8-32(20)22-16-14(34)10(43-22)4-41-47(36,37)45-15-11(5-42-48(38,39)46-16)44-23(17(15)40-3-2-33)31-7-27-12-18(24)25-6-26-19(12)31/h6-8,10-11,14-17,22-23,33-34H,2-5H2,1H3,(H,36,37)(H,38,39)(H2,24,25,26)(H,29,30,35)/t10-,11-,14?,15+,16+,17?,22-,23-/m1/s1. The maximum atomic E-state index is 13.4. The molecule has 48 heavy (non-hydrogen) atoms. The third-order valence-electron chi connectivity index (χ3n) is 7.80. The molecule has 3 aliphatic heterocycles. The van der Waals surface area contributed by atoms with Crippen LogP contribution < -0.4 is 11.3 Å². The van der Waals surface area contributed by atoms with E-state index in [-0.39, 0.29) is 40.6 Å². The highest BCUT2D eigenvalue weighted by molar-refractivity contribution is 7.47. The molecule has 260 valence electrons. The van der Waals surface area contributed by atoms with Crippen LogP contribution in [0, 0.1) is 6.92 Å². The number of ether oxygens (including phenoxy) is 3. The Kier molecular flexibility index (Phi) is 8.69. The largest absolute Gasteiger partial charge is 0.472 e. The van der Waals surface area contributed by atoms with E-state index in [1.54, 1.807) is 0 Å². The molecule has 4 aromatic heterocycles. The van der Waals surface area contributed by atoms with E-state index in [2.05, 4.69) is 29.9 Å². The molecule has 23 nitrogen and oxygen atoms in total. The van der Waals surface area contributed by atoms with Gasteiger partial charge in [0.2, 0.25) is 0 Å². The van der Waals surface area contributed by atoms with Gasteiger partial charge in [-0.2, -0.15) is 0 Å². The number of aromatic nitrogens is 8. The number of aliphatic hydroxyl groups excluding tert-OH is 2. The summed E-state index contributed by atoms with van der Waals surface area (Å²) in [6, 6.07) is 0. The second kappa shape index (κ2) is 12.6. The predicted octanol–water partition coefficient (Wildman–Crippen LogP) is -1.60. The number of hydrogen-bond acceptors (Lipinski definition) is 18. The van der Waals surface area contributed by atoms with E-state index in [0.717, 1.165) is 6.33 Å². The molecule has 0 saturated carbocycles. The van der Waals surface area contributed by atoms with Crippen molar-refractivity contribution in [2.24, 2.45) is 0 Å². The number of anilines is 1. The molecular weight excluding hydrogens is 688 g/mol. The maximum Gasteiger partial charge on any atom is 0.472 e. The van der Waals surface area contributed by atoms with Crippen LogP contribution >= 0.6 is 15.6 Å². The summed E-state index contributed by atoms with van der Waals surface area (Å²) in [5.41, 5.74) is 5.63. The normalized spacial score (nSPS) is 36.1. The van der Waals surface area contributed by atoms with Crippen LogP contribution in [0.25, 0.3) is 22.3 Å². The lowest BCUT2D eigenvalue weighted by Gasteiger charge is -2.27. The molecule has 7 rings (SSSR count). The highest BCUT2D eigenvalue weighted by atomic mass is 31.2. The number of aliphatic hydroxyl groups is 2. The van der Waals surface area contributed by atoms with Gasteiger partial charge in [-0.05, 0) is 6.92 Å². The third-order valence-corrected chi connectivity index (χ3v) is 9.77. The zero-order valence-corrected chi connectivity index (χ0v) is 26.4. The molecule has 0 amide bonds. The Morgan fingerprint density at radius 2 is 1.60 bits per heavy atom.